The van der Waals surface area contributed by atoms with Crippen molar-refractivity contribution in [2.45, 2.75) is 62.2 Å². The van der Waals surface area contributed by atoms with Crippen molar-refractivity contribution in [1.29, 1.82) is 0 Å². The Kier molecular flexibility index (Phi) is 7.60. The topological polar surface area (TPSA) is 229 Å². The third-order valence-corrected chi connectivity index (χ3v) is 6.85. The highest BCUT2D eigenvalue weighted by atomic mass is 16.7. The van der Waals surface area contributed by atoms with Crippen LogP contribution in [0.3, 0.4) is 0 Å². The van der Waals surface area contributed by atoms with Crippen LogP contribution in [-0.4, -0.2) is 103 Å². The summed E-state index contributed by atoms with van der Waals surface area (Å²) in [5, 5.41) is 81.3. The molecule has 2 fully saturated rings. The maximum Gasteiger partial charge on any atom is 0.229 e. The number of benzene rings is 2. The Morgan fingerprint density at radius 2 is 1.52 bits per heavy atom. The number of aromatic hydroxyl groups is 3. The lowest BCUT2D eigenvalue weighted by molar-refractivity contribution is -0.334. The Morgan fingerprint density at radius 3 is 2.23 bits per heavy atom. The van der Waals surface area contributed by atoms with Crippen LogP contribution in [0.25, 0.3) is 22.3 Å². The average Bonchev–Trinajstić information content (AvgIpc) is 2.92. The fraction of sp³-hybridized carbons (Fsp3) is 0.423. The molecule has 0 aliphatic carbocycles. The summed E-state index contributed by atoms with van der Waals surface area (Å²) in [6.45, 7) is 1.11. The fourth-order valence-electron chi connectivity index (χ4n) is 4.60. The van der Waals surface area contributed by atoms with E-state index in [1.165, 1.54) is 31.2 Å². The van der Waals surface area contributed by atoms with Gasteiger partial charge in [0, 0.05) is 17.7 Å². The van der Waals surface area contributed by atoms with Crippen LogP contribution in [0.2, 0.25) is 0 Å². The molecule has 14 heteroatoms. The maximum absolute atomic E-state index is 12.7. The van der Waals surface area contributed by atoms with Crippen LogP contribution in [0.4, 0.5) is 0 Å². The summed E-state index contributed by atoms with van der Waals surface area (Å²) < 4.78 is 27.7. The zero-order valence-electron chi connectivity index (χ0n) is 20.9. The Labute approximate surface area is 225 Å². The first kappa shape index (κ1) is 28.1. The van der Waals surface area contributed by atoms with Crippen LogP contribution in [0.1, 0.15) is 6.92 Å². The molecule has 2 aromatic carbocycles. The van der Waals surface area contributed by atoms with Gasteiger partial charge in [0.05, 0.1) is 12.7 Å². The second kappa shape index (κ2) is 10.8. The number of phenolic OH excluding ortho intramolecular Hbond substituents is 3. The van der Waals surface area contributed by atoms with Gasteiger partial charge in [-0.2, -0.15) is 0 Å². The molecule has 0 amide bonds. The molecular weight excluding hydrogens is 536 g/mol. The van der Waals surface area contributed by atoms with E-state index in [4.69, 9.17) is 23.4 Å². The molecule has 0 spiro atoms. The first-order valence-corrected chi connectivity index (χ1v) is 12.3. The Morgan fingerprint density at radius 1 is 0.850 bits per heavy atom. The minimum atomic E-state index is -1.79. The Hall–Kier alpha value is -3.47. The smallest absolute Gasteiger partial charge is 0.229 e. The normalized spacial score (nSPS) is 32.7. The van der Waals surface area contributed by atoms with Gasteiger partial charge >= 0.3 is 0 Å². The van der Waals surface area contributed by atoms with Crippen molar-refractivity contribution in [3.63, 3.8) is 0 Å². The highest BCUT2D eigenvalue weighted by molar-refractivity contribution is 5.89. The summed E-state index contributed by atoms with van der Waals surface area (Å²) in [4.78, 5) is 12.7. The zero-order chi connectivity index (χ0) is 28.9. The molecule has 3 heterocycles. The van der Waals surface area contributed by atoms with Crippen molar-refractivity contribution in [1.82, 2.24) is 0 Å². The van der Waals surface area contributed by atoms with E-state index in [1.54, 1.807) is 0 Å². The monoisotopic (exact) mass is 564 g/mol. The number of rotatable bonds is 5. The van der Waals surface area contributed by atoms with Crippen molar-refractivity contribution in [3.8, 4) is 34.3 Å². The predicted octanol–water partition coefficient (Wildman–Crippen LogP) is -0.754. The van der Waals surface area contributed by atoms with Gasteiger partial charge in [-0.05, 0) is 31.2 Å². The minimum absolute atomic E-state index is 0.000862. The molecule has 5 rings (SSSR count). The van der Waals surface area contributed by atoms with Crippen molar-refractivity contribution >= 4 is 11.0 Å². The van der Waals surface area contributed by atoms with Gasteiger partial charge in [0.15, 0.2) is 23.2 Å². The largest absolute Gasteiger partial charge is 0.508 e. The van der Waals surface area contributed by atoms with Crippen LogP contribution < -0.4 is 10.2 Å². The molecule has 216 valence electrons. The number of hydrogen-bond donors (Lipinski definition) is 8. The first-order valence-electron chi connectivity index (χ1n) is 12.3. The van der Waals surface area contributed by atoms with Crippen molar-refractivity contribution in [2.24, 2.45) is 0 Å². The average molecular weight is 564 g/mol. The molecular formula is C26H28O14. The second-order valence-corrected chi connectivity index (χ2v) is 9.63. The third-order valence-electron chi connectivity index (χ3n) is 6.85. The van der Waals surface area contributed by atoms with Crippen LogP contribution >= 0.6 is 0 Å². The van der Waals surface area contributed by atoms with Crippen LogP contribution in [-0.2, 0) is 14.2 Å². The van der Waals surface area contributed by atoms with Crippen molar-refractivity contribution < 1.29 is 64.2 Å². The van der Waals surface area contributed by atoms with E-state index in [0.29, 0.717) is 5.56 Å². The highest BCUT2D eigenvalue weighted by Crippen LogP contribution is 2.43. The van der Waals surface area contributed by atoms with E-state index in [-0.39, 0.29) is 29.1 Å². The molecule has 8 N–H and O–H groups in total. The molecule has 2 aliphatic heterocycles. The van der Waals surface area contributed by atoms with Crippen LogP contribution in [0.15, 0.2) is 45.6 Å². The molecule has 3 aromatic rings. The molecule has 0 unspecified atom stereocenters. The molecule has 40 heavy (non-hydrogen) atoms. The fourth-order valence-corrected chi connectivity index (χ4v) is 4.60. The summed E-state index contributed by atoms with van der Waals surface area (Å²) in [6, 6.07) is 7.99. The SMILES string of the molecule is C[C@H]1O[C@@H](Oc2cc3oc(-c4ccc(O)cc4)cc(=O)c3c(O)c2O)[C@@H](O)[C@@H](O)[C@@H]1O[C@H]1OC[C@H](O)[C@@H](O)[C@@H]1O. The van der Waals surface area contributed by atoms with E-state index in [1.807, 2.05) is 0 Å². The van der Waals surface area contributed by atoms with Gasteiger partial charge in [-0.1, -0.05) is 0 Å². The highest BCUT2D eigenvalue weighted by Gasteiger charge is 2.48. The van der Waals surface area contributed by atoms with Crippen molar-refractivity contribution in [2.75, 3.05) is 6.61 Å². The summed E-state index contributed by atoms with van der Waals surface area (Å²) in [5.41, 5.74) is -0.411. The summed E-state index contributed by atoms with van der Waals surface area (Å²) >= 11 is 0. The standard InChI is InChI=1S/C26H28O14/c1-9-24(40-25-22(34)18(30)13(29)8-36-25)21(33)23(35)26(37-9)39-16-7-15-17(20(32)19(16)31)12(28)6-14(38-15)10-2-4-11(27)5-3-10/h2-7,9,13,18,21-27,29-35H,8H2,1H3/t9-,13+,18-,21-,22+,23+,24-,25-,26+/m1/s1. The van der Waals surface area contributed by atoms with Gasteiger partial charge in [-0.25, -0.2) is 0 Å². The molecule has 0 radical (unpaired) electrons. The van der Waals surface area contributed by atoms with Crippen LogP contribution in [0, 0.1) is 0 Å². The minimum Gasteiger partial charge on any atom is -0.508 e. The molecule has 2 saturated heterocycles. The maximum atomic E-state index is 12.7. The lowest BCUT2D eigenvalue weighted by Gasteiger charge is -2.44. The van der Waals surface area contributed by atoms with Crippen molar-refractivity contribution in [3.05, 3.63) is 46.6 Å². The molecule has 0 bridgehead atoms. The Bertz CT molecular complexity index is 1420. The van der Waals surface area contributed by atoms with Gasteiger partial charge in [-0.15, -0.1) is 0 Å². The van der Waals surface area contributed by atoms with E-state index in [0.717, 1.165) is 12.1 Å². The molecule has 9 atom stereocenters. The van der Waals surface area contributed by atoms with Gasteiger partial charge in [0.2, 0.25) is 12.0 Å². The summed E-state index contributed by atoms with van der Waals surface area (Å²) in [6.07, 6.45) is -13.3. The second-order valence-electron chi connectivity index (χ2n) is 9.63. The number of ether oxygens (including phenoxy) is 4. The molecule has 2 aliphatic rings. The molecule has 0 saturated carbocycles. The van der Waals surface area contributed by atoms with Gasteiger partial charge in [-0.3, -0.25) is 4.79 Å². The third kappa shape index (κ3) is 5.07. The lowest BCUT2D eigenvalue weighted by atomic mass is 9.99. The van der Waals surface area contributed by atoms with E-state index < -0.39 is 78.0 Å². The van der Waals surface area contributed by atoms with Gasteiger partial charge in [0.25, 0.3) is 0 Å². The van der Waals surface area contributed by atoms with Gasteiger partial charge in [0.1, 0.15) is 59.1 Å². The van der Waals surface area contributed by atoms with Gasteiger partial charge < -0.3 is 64.2 Å². The molecule has 14 nitrogen and oxygen atoms in total. The number of phenols is 3. The quantitative estimate of drug-likeness (QED) is 0.178. The first-order chi connectivity index (χ1) is 19.0. The summed E-state index contributed by atoms with van der Waals surface area (Å²) in [5.74, 6) is -2.04. The lowest BCUT2D eigenvalue weighted by Crippen LogP contribution is -2.62. The number of fused-ring (bicyclic) bond motifs is 1. The number of aliphatic hydroxyl groups is 5. The van der Waals surface area contributed by atoms with Crippen LogP contribution in [0.5, 0.6) is 23.0 Å². The van der Waals surface area contributed by atoms with E-state index in [9.17, 15) is 45.6 Å². The number of aliphatic hydroxyl groups excluding tert-OH is 5. The van der Waals surface area contributed by atoms with E-state index in [2.05, 4.69) is 0 Å². The zero-order valence-corrected chi connectivity index (χ0v) is 20.9. The predicted molar refractivity (Wildman–Crippen MR) is 133 cm³/mol. The van der Waals surface area contributed by atoms with E-state index >= 15 is 0 Å². The summed E-state index contributed by atoms with van der Waals surface area (Å²) in [7, 11) is 0. The Balaban J connectivity index is 1.39. The molecule has 1 aromatic heterocycles. The number of hydrogen-bond acceptors (Lipinski definition) is 14.